The number of halogens is 3. The minimum atomic E-state index is -4.43. The van der Waals surface area contributed by atoms with E-state index in [9.17, 15) is 18.0 Å². The van der Waals surface area contributed by atoms with Gasteiger partial charge in [-0.3, -0.25) is 9.69 Å². The topological polar surface area (TPSA) is 23.6 Å². The molecule has 23 heavy (non-hydrogen) atoms. The van der Waals surface area contributed by atoms with Crippen molar-refractivity contribution in [2.24, 2.45) is 5.41 Å². The highest BCUT2D eigenvalue weighted by atomic mass is 19.4. The fourth-order valence-electron chi connectivity index (χ4n) is 2.79. The lowest BCUT2D eigenvalue weighted by molar-refractivity contribution is -0.137. The molecule has 3 nitrogen and oxygen atoms in total. The molecule has 128 valence electrons. The van der Waals surface area contributed by atoms with E-state index < -0.39 is 11.7 Å². The number of carbonyl (C=O) groups excluding carboxylic acids is 1. The van der Waals surface area contributed by atoms with E-state index in [0.717, 1.165) is 31.8 Å². The second kappa shape index (κ2) is 6.51. The Hall–Kier alpha value is -1.56. The molecule has 1 aliphatic heterocycles. The Kier molecular flexibility index (Phi) is 5.04. The molecule has 1 aliphatic rings. The summed E-state index contributed by atoms with van der Waals surface area (Å²) in [5.41, 5.74) is -0.494. The van der Waals surface area contributed by atoms with Crippen molar-refractivity contribution in [3.8, 4) is 0 Å². The molecule has 1 heterocycles. The lowest BCUT2D eigenvalue weighted by atomic mass is 9.96. The minimum absolute atomic E-state index is 0.101. The van der Waals surface area contributed by atoms with Gasteiger partial charge in [-0.15, -0.1) is 0 Å². The van der Waals surface area contributed by atoms with Crippen LogP contribution in [0.1, 0.15) is 36.7 Å². The fraction of sp³-hybridized carbons (Fsp3) is 0.588. The summed E-state index contributed by atoms with van der Waals surface area (Å²) in [6.45, 7) is 10.0. The Balaban J connectivity index is 2.00. The van der Waals surface area contributed by atoms with Crippen molar-refractivity contribution in [1.29, 1.82) is 0 Å². The van der Waals surface area contributed by atoms with E-state index >= 15 is 0 Å². The van der Waals surface area contributed by atoms with E-state index in [1.54, 1.807) is 4.90 Å². The van der Waals surface area contributed by atoms with Crippen LogP contribution in [0.5, 0.6) is 0 Å². The summed E-state index contributed by atoms with van der Waals surface area (Å²) >= 11 is 0. The molecule has 1 fully saturated rings. The number of amides is 1. The van der Waals surface area contributed by atoms with Gasteiger partial charge in [0.05, 0.1) is 5.56 Å². The molecule has 0 unspecified atom stereocenters. The van der Waals surface area contributed by atoms with Gasteiger partial charge in [0.2, 0.25) is 0 Å². The largest absolute Gasteiger partial charge is 0.416 e. The second-order valence-corrected chi connectivity index (χ2v) is 7.21. The third kappa shape index (κ3) is 4.96. The number of piperazine rings is 1. The van der Waals surface area contributed by atoms with E-state index in [1.807, 2.05) is 0 Å². The number of hydrogen-bond acceptors (Lipinski definition) is 2. The first kappa shape index (κ1) is 17.8. The molecule has 0 bridgehead atoms. The Bertz CT molecular complexity index is 556. The van der Waals surface area contributed by atoms with Gasteiger partial charge in [-0.1, -0.05) is 26.8 Å². The lowest BCUT2D eigenvalue weighted by Crippen LogP contribution is -2.50. The Labute approximate surface area is 135 Å². The number of carbonyl (C=O) groups is 1. The molecule has 1 amide bonds. The van der Waals surface area contributed by atoms with Gasteiger partial charge in [-0.25, -0.2) is 0 Å². The zero-order valence-corrected chi connectivity index (χ0v) is 13.8. The zero-order valence-electron chi connectivity index (χ0n) is 13.8. The summed E-state index contributed by atoms with van der Waals surface area (Å²) in [6.07, 6.45) is -4.43. The Morgan fingerprint density at radius 3 is 2.22 bits per heavy atom. The first-order valence-electron chi connectivity index (χ1n) is 7.75. The maximum atomic E-state index is 12.8. The highest BCUT2D eigenvalue weighted by Gasteiger charge is 2.32. The van der Waals surface area contributed by atoms with E-state index in [1.165, 1.54) is 12.1 Å². The minimum Gasteiger partial charge on any atom is -0.336 e. The number of alkyl halides is 3. The number of benzene rings is 1. The molecule has 0 N–H and O–H groups in total. The van der Waals surface area contributed by atoms with Crippen LogP contribution >= 0.6 is 0 Å². The van der Waals surface area contributed by atoms with Gasteiger partial charge < -0.3 is 4.90 Å². The summed E-state index contributed by atoms with van der Waals surface area (Å²) in [7, 11) is 0. The van der Waals surface area contributed by atoms with Crippen molar-refractivity contribution in [2.45, 2.75) is 26.9 Å². The standard InChI is InChI=1S/C17H23F3N2O/c1-16(2,3)12-21-7-9-22(10-8-21)15(23)13-5-4-6-14(11-13)17(18,19)20/h4-6,11H,7-10,12H2,1-3H3. The number of nitrogens with zero attached hydrogens (tertiary/aromatic N) is 2. The van der Waals surface area contributed by atoms with Crippen LogP contribution in [0.3, 0.4) is 0 Å². The first-order valence-corrected chi connectivity index (χ1v) is 7.75. The molecule has 0 aliphatic carbocycles. The van der Waals surface area contributed by atoms with Crippen molar-refractivity contribution in [3.63, 3.8) is 0 Å². The van der Waals surface area contributed by atoms with Crippen molar-refractivity contribution < 1.29 is 18.0 Å². The molecule has 0 aromatic heterocycles. The van der Waals surface area contributed by atoms with Crippen LogP contribution in [-0.4, -0.2) is 48.4 Å². The predicted octanol–water partition coefficient (Wildman–Crippen LogP) is 3.51. The zero-order chi connectivity index (χ0) is 17.3. The van der Waals surface area contributed by atoms with Crippen molar-refractivity contribution >= 4 is 5.91 Å². The van der Waals surface area contributed by atoms with Crippen molar-refractivity contribution in [1.82, 2.24) is 9.80 Å². The van der Waals surface area contributed by atoms with Crippen LogP contribution in [0.15, 0.2) is 24.3 Å². The predicted molar refractivity (Wildman–Crippen MR) is 83.2 cm³/mol. The Morgan fingerprint density at radius 1 is 1.09 bits per heavy atom. The molecular weight excluding hydrogens is 305 g/mol. The maximum absolute atomic E-state index is 12.8. The SMILES string of the molecule is CC(C)(C)CN1CCN(C(=O)c2cccc(C(F)(F)F)c2)CC1. The van der Waals surface area contributed by atoms with Gasteiger partial charge in [0, 0.05) is 38.3 Å². The molecule has 0 atom stereocenters. The van der Waals surface area contributed by atoms with Crippen molar-refractivity contribution in [3.05, 3.63) is 35.4 Å². The summed E-state index contributed by atoms with van der Waals surface area (Å²) in [4.78, 5) is 16.3. The van der Waals surface area contributed by atoms with E-state index in [-0.39, 0.29) is 16.9 Å². The van der Waals surface area contributed by atoms with Crippen LogP contribution < -0.4 is 0 Å². The van der Waals surface area contributed by atoms with Gasteiger partial charge in [0.15, 0.2) is 0 Å². The van der Waals surface area contributed by atoms with Crippen LogP contribution in [0.2, 0.25) is 0 Å². The third-order valence-corrected chi connectivity index (χ3v) is 3.79. The smallest absolute Gasteiger partial charge is 0.336 e. The van der Waals surface area contributed by atoms with Gasteiger partial charge in [-0.05, 0) is 23.6 Å². The van der Waals surface area contributed by atoms with E-state index in [0.29, 0.717) is 13.1 Å². The van der Waals surface area contributed by atoms with Crippen LogP contribution in [-0.2, 0) is 6.18 Å². The molecule has 1 aromatic rings. The molecule has 2 rings (SSSR count). The number of rotatable bonds is 2. The summed E-state index contributed by atoms with van der Waals surface area (Å²) in [5, 5.41) is 0. The Morgan fingerprint density at radius 2 is 1.70 bits per heavy atom. The van der Waals surface area contributed by atoms with Gasteiger partial charge in [0.25, 0.3) is 5.91 Å². The summed E-state index contributed by atoms with van der Waals surface area (Å²) in [5.74, 6) is -0.327. The van der Waals surface area contributed by atoms with Gasteiger partial charge in [0.1, 0.15) is 0 Å². The van der Waals surface area contributed by atoms with E-state index in [4.69, 9.17) is 0 Å². The maximum Gasteiger partial charge on any atom is 0.416 e. The molecule has 0 saturated carbocycles. The molecule has 0 spiro atoms. The first-order chi connectivity index (χ1) is 10.6. The van der Waals surface area contributed by atoms with Crippen molar-refractivity contribution in [2.75, 3.05) is 32.7 Å². The van der Waals surface area contributed by atoms with Crippen LogP contribution in [0, 0.1) is 5.41 Å². The summed E-state index contributed by atoms with van der Waals surface area (Å²) in [6, 6.07) is 4.65. The highest BCUT2D eigenvalue weighted by molar-refractivity contribution is 5.94. The monoisotopic (exact) mass is 328 g/mol. The molecule has 1 saturated heterocycles. The fourth-order valence-corrected chi connectivity index (χ4v) is 2.79. The van der Waals surface area contributed by atoms with E-state index in [2.05, 4.69) is 25.7 Å². The van der Waals surface area contributed by atoms with Crippen LogP contribution in [0.4, 0.5) is 13.2 Å². The molecule has 6 heteroatoms. The lowest BCUT2D eigenvalue weighted by Gasteiger charge is -2.37. The second-order valence-electron chi connectivity index (χ2n) is 7.21. The quantitative estimate of drug-likeness (QED) is 0.829. The van der Waals surface area contributed by atoms with Gasteiger partial charge >= 0.3 is 6.18 Å². The highest BCUT2D eigenvalue weighted by Crippen LogP contribution is 2.29. The van der Waals surface area contributed by atoms with Crippen LogP contribution in [0.25, 0.3) is 0 Å². The third-order valence-electron chi connectivity index (χ3n) is 3.79. The molecular formula is C17H23F3N2O. The summed E-state index contributed by atoms with van der Waals surface area (Å²) < 4.78 is 38.3. The molecule has 1 aromatic carbocycles. The number of hydrogen-bond donors (Lipinski definition) is 0. The average molecular weight is 328 g/mol. The average Bonchev–Trinajstić information content (AvgIpc) is 2.45. The molecule has 0 radical (unpaired) electrons. The normalized spacial score (nSPS) is 17.4. The van der Waals surface area contributed by atoms with Gasteiger partial charge in [-0.2, -0.15) is 13.2 Å².